The van der Waals surface area contributed by atoms with Crippen LogP contribution in [0.15, 0.2) is 0 Å². The van der Waals surface area contributed by atoms with Gasteiger partial charge in [0.15, 0.2) is 11.6 Å². The monoisotopic (exact) mass is 302 g/mol. The zero-order valence-electron chi connectivity index (χ0n) is 13.1. The van der Waals surface area contributed by atoms with Crippen molar-refractivity contribution in [3.63, 3.8) is 0 Å². The molecule has 2 aromatic rings. The van der Waals surface area contributed by atoms with Gasteiger partial charge in [-0.05, 0) is 29.7 Å². The number of rotatable bonds is 5. The van der Waals surface area contributed by atoms with Gasteiger partial charge < -0.3 is 5.32 Å². The molecule has 8 heteroatoms. The fraction of sp³-hybridized carbons (Fsp3) is 0.786. The van der Waals surface area contributed by atoms with Crippen LogP contribution in [0.5, 0.6) is 0 Å². The Morgan fingerprint density at radius 1 is 1.27 bits per heavy atom. The van der Waals surface area contributed by atoms with Crippen LogP contribution in [0.4, 0.5) is 0 Å². The molecule has 1 atom stereocenters. The van der Waals surface area contributed by atoms with Gasteiger partial charge in [0.25, 0.3) is 0 Å². The lowest BCUT2D eigenvalue weighted by atomic mass is 10.1. The van der Waals surface area contributed by atoms with Crippen molar-refractivity contribution in [2.75, 3.05) is 0 Å². The van der Waals surface area contributed by atoms with Crippen molar-refractivity contribution in [3.8, 4) is 0 Å². The summed E-state index contributed by atoms with van der Waals surface area (Å²) in [5.41, 5.74) is 0. The number of aryl methyl sites for hydroxylation is 1. The molecule has 0 aromatic carbocycles. The van der Waals surface area contributed by atoms with Gasteiger partial charge in [-0.2, -0.15) is 5.10 Å². The van der Waals surface area contributed by atoms with Crippen molar-refractivity contribution in [1.29, 1.82) is 0 Å². The molecule has 4 rings (SSSR count). The normalized spacial score (nSPS) is 21.3. The molecular weight excluding hydrogens is 280 g/mol. The maximum absolute atomic E-state index is 4.63. The van der Waals surface area contributed by atoms with Crippen LogP contribution in [0.25, 0.3) is 0 Å². The van der Waals surface area contributed by atoms with Gasteiger partial charge in [0.2, 0.25) is 0 Å². The third kappa shape index (κ3) is 2.63. The van der Waals surface area contributed by atoms with E-state index in [0.717, 1.165) is 43.4 Å². The number of aromatic nitrogens is 7. The third-order valence-electron chi connectivity index (χ3n) is 4.39. The van der Waals surface area contributed by atoms with Crippen LogP contribution in [0.2, 0.25) is 0 Å². The van der Waals surface area contributed by atoms with Gasteiger partial charge in [-0.15, -0.1) is 5.10 Å². The Balaban J connectivity index is 1.39. The van der Waals surface area contributed by atoms with Gasteiger partial charge in [0, 0.05) is 18.4 Å². The smallest absolute Gasteiger partial charge is 0.165 e. The summed E-state index contributed by atoms with van der Waals surface area (Å²) in [6.07, 6.45) is 4.45. The van der Waals surface area contributed by atoms with Crippen molar-refractivity contribution in [1.82, 2.24) is 40.3 Å². The first-order chi connectivity index (χ1) is 10.7. The van der Waals surface area contributed by atoms with Crippen molar-refractivity contribution >= 4 is 0 Å². The van der Waals surface area contributed by atoms with Crippen molar-refractivity contribution in [2.24, 2.45) is 0 Å². The van der Waals surface area contributed by atoms with Gasteiger partial charge in [-0.1, -0.05) is 13.8 Å². The van der Waals surface area contributed by atoms with E-state index in [1.54, 1.807) is 0 Å². The largest absolute Gasteiger partial charge is 0.305 e. The SMILES string of the molecule is CC(C)c1nc2n(n1)C[C@H](NCc1nnnn1C1CC1)CC2. The predicted octanol–water partition coefficient (Wildman–Crippen LogP) is 0.827. The lowest BCUT2D eigenvalue weighted by Crippen LogP contribution is -2.38. The highest BCUT2D eigenvalue weighted by Gasteiger charge is 2.28. The maximum atomic E-state index is 4.63. The molecule has 0 bridgehead atoms. The Hall–Kier alpha value is -1.83. The fourth-order valence-electron chi connectivity index (χ4n) is 2.91. The van der Waals surface area contributed by atoms with Gasteiger partial charge in [0.1, 0.15) is 5.82 Å². The standard InChI is InChI=1S/C14H22N8/c1-9(2)14-16-12-6-3-10(8-21(12)18-14)15-7-13-17-19-20-22(13)11-4-5-11/h9-11,15H,3-8H2,1-2H3/t10-/m1/s1. The molecule has 8 nitrogen and oxygen atoms in total. The van der Waals surface area contributed by atoms with Gasteiger partial charge in [0.05, 0.1) is 19.1 Å². The Kier molecular flexibility index (Phi) is 3.40. The Labute approximate surface area is 129 Å². The van der Waals surface area contributed by atoms with Crippen LogP contribution in [-0.2, 0) is 19.5 Å². The second kappa shape index (κ2) is 5.42. The summed E-state index contributed by atoms with van der Waals surface area (Å²) in [6.45, 7) is 5.86. The zero-order valence-corrected chi connectivity index (χ0v) is 13.1. The molecule has 0 radical (unpaired) electrons. The molecule has 1 fully saturated rings. The summed E-state index contributed by atoms with van der Waals surface area (Å²) >= 11 is 0. The molecule has 1 saturated carbocycles. The first-order valence-corrected chi connectivity index (χ1v) is 8.14. The highest BCUT2D eigenvalue weighted by Crippen LogP contribution is 2.34. The van der Waals surface area contributed by atoms with E-state index in [1.807, 2.05) is 4.68 Å². The molecular formula is C14H22N8. The van der Waals surface area contributed by atoms with E-state index in [0.29, 0.717) is 18.0 Å². The summed E-state index contributed by atoms with van der Waals surface area (Å²) in [5, 5.41) is 20.2. The van der Waals surface area contributed by atoms with E-state index in [2.05, 4.69) is 49.5 Å². The molecule has 2 aromatic heterocycles. The molecule has 3 heterocycles. The third-order valence-corrected chi connectivity index (χ3v) is 4.39. The van der Waals surface area contributed by atoms with Crippen LogP contribution in [0.1, 0.15) is 62.5 Å². The molecule has 1 N–H and O–H groups in total. The van der Waals surface area contributed by atoms with E-state index in [9.17, 15) is 0 Å². The van der Waals surface area contributed by atoms with Gasteiger partial charge >= 0.3 is 0 Å². The molecule has 22 heavy (non-hydrogen) atoms. The van der Waals surface area contributed by atoms with E-state index >= 15 is 0 Å². The Morgan fingerprint density at radius 3 is 2.91 bits per heavy atom. The second-order valence-corrected chi connectivity index (χ2v) is 6.61. The van der Waals surface area contributed by atoms with E-state index in [-0.39, 0.29) is 0 Å². The molecule has 2 aliphatic rings. The van der Waals surface area contributed by atoms with Gasteiger partial charge in [-0.25, -0.2) is 14.3 Å². The quantitative estimate of drug-likeness (QED) is 0.880. The molecule has 0 amide bonds. The summed E-state index contributed by atoms with van der Waals surface area (Å²) in [5.74, 6) is 3.39. The highest BCUT2D eigenvalue weighted by molar-refractivity contribution is 5.01. The number of fused-ring (bicyclic) bond motifs is 1. The second-order valence-electron chi connectivity index (χ2n) is 6.61. The molecule has 1 aliphatic carbocycles. The minimum atomic E-state index is 0.382. The number of hydrogen-bond donors (Lipinski definition) is 1. The van der Waals surface area contributed by atoms with E-state index in [1.165, 1.54) is 12.8 Å². The lowest BCUT2D eigenvalue weighted by Gasteiger charge is -2.23. The van der Waals surface area contributed by atoms with Crippen molar-refractivity contribution in [2.45, 2.75) is 70.6 Å². The first kappa shape index (κ1) is 13.8. The van der Waals surface area contributed by atoms with E-state index < -0.39 is 0 Å². The molecule has 0 saturated heterocycles. The van der Waals surface area contributed by atoms with Crippen molar-refractivity contribution in [3.05, 3.63) is 17.5 Å². The average molecular weight is 302 g/mol. The van der Waals surface area contributed by atoms with Crippen LogP contribution >= 0.6 is 0 Å². The predicted molar refractivity (Wildman–Crippen MR) is 79.1 cm³/mol. The minimum absolute atomic E-state index is 0.382. The van der Waals surface area contributed by atoms with Crippen LogP contribution in [-0.4, -0.2) is 41.0 Å². The zero-order chi connectivity index (χ0) is 15.1. The fourth-order valence-corrected chi connectivity index (χ4v) is 2.91. The molecule has 0 unspecified atom stereocenters. The topological polar surface area (TPSA) is 86.3 Å². The summed E-state index contributed by atoms with van der Waals surface area (Å²) in [6, 6.07) is 0.923. The number of hydrogen-bond acceptors (Lipinski definition) is 6. The maximum Gasteiger partial charge on any atom is 0.165 e. The summed E-state index contributed by atoms with van der Waals surface area (Å²) < 4.78 is 4.02. The Bertz CT molecular complexity index is 654. The van der Waals surface area contributed by atoms with Gasteiger partial charge in [-0.3, -0.25) is 0 Å². The number of nitrogens with one attached hydrogen (secondary N) is 1. The lowest BCUT2D eigenvalue weighted by molar-refractivity contribution is 0.351. The minimum Gasteiger partial charge on any atom is -0.305 e. The number of tetrazole rings is 1. The van der Waals surface area contributed by atoms with E-state index in [4.69, 9.17) is 0 Å². The molecule has 0 spiro atoms. The average Bonchev–Trinajstić information content (AvgIpc) is 3.09. The number of nitrogens with zero attached hydrogens (tertiary/aromatic N) is 7. The summed E-state index contributed by atoms with van der Waals surface area (Å²) in [7, 11) is 0. The van der Waals surface area contributed by atoms with Crippen LogP contribution < -0.4 is 5.32 Å². The Morgan fingerprint density at radius 2 is 2.14 bits per heavy atom. The molecule has 118 valence electrons. The van der Waals surface area contributed by atoms with Crippen LogP contribution in [0, 0.1) is 0 Å². The van der Waals surface area contributed by atoms with Crippen LogP contribution in [0.3, 0.4) is 0 Å². The molecule has 1 aliphatic heterocycles. The highest BCUT2D eigenvalue weighted by atomic mass is 15.6. The first-order valence-electron chi connectivity index (χ1n) is 8.14. The van der Waals surface area contributed by atoms with Crippen molar-refractivity contribution < 1.29 is 0 Å². The summed E-state index contributed by atoms with van der Waals surface area (Å²) in [4.78, 5) is 4.63.